The normalized spacial score (nSPS) is 15.9. The summed E-state index contributed by atoms with van der Waals surface area (Å²) in [4.78, 5) is 17.1. The Morgan fingerprint density at radius 3 is 2.58 bits per heavy atom. The first-order chi connectivity index (χ1) is 11.5. The molecule has 1 amide bonds. The fourth-order valence-corrected chi connectivity index (χ4v) is 3.58. The molecular formula is C16H23BrN6O. The van der Waals surface area contributed by atoms with Crippen LogP contribution in [0.15, 0.2) is 16.9 Å². The number of aromatic nitrogens is 4. The Labute approximate surface area is 150 Å². The average Bonchev–Trinajstić information content (AvgIpc) is 3.09. The van der Waals surface area contributed by atoms with E-state index < -0.39 is 0 Å². The van der Waals surface area contributed by atoms with Crippen molar-refractivity contribution in [3.05, 3.63) is 33.8 Å². The van der Waals surface area contributed by atoms with Crippen LogP contribution in [0, 0.1) is 6.92 Å². The highest BCUT2D eigenvalue weighted by Crippen LogP contribution is 2.19. The zero-order chi connectivity index (χ0) is 17.3. The topological polar surface area (TPSA) is 59.2 Å². The monoisotopic (exact) mass is 394 g/mol. The molecule has 0 aromatic carbocycles. The van der Waals surface area contributed by atoms with Gasteiger partial charge in [-0.2, -0.15) is 10.2 Å². The molecule has 0 unspecified atom stereocenters. The van der Waals surface area contributed by atoms with Gasteiger partial charge in [0.15, 0.2) is 0 Å². The molecule has 24 heavy (non-hydrogen) atoms. The van der Waals surface area contributed by atoms with Crippen LogP contribution in [0.1, 0.15) is 28.7 Å². The van der Waals surface area contributed by atoms with E-state index >= 15 is 0 Å². The van der Waals surface area contributed by atoms with Crippen LogP contribution in [0.2, 0.25) is 0 Å². The van der Waals surface area contributed by atoms with Crippen molar-refractivity contribution in [1.82, 2.24) is 29.4 Å². The summed E-state index contributed by atoms with van der Waals surface area (Å²) in [6.45, 7) is 8.82. The van der Waals surface area contributed by atoms with Gasteiger partial charge in [-0.3, -0.25) is 19.1 Å². The maximum atomic E-state index is 12.8. The lowest BCUT2D eigenvalue weighted by Crippen LogP contribution is -2.48. The van der Waals surface area contributed by atoms with E-state index in [4.69, 9.17) is 0 Å². The molecule has 1 aliphatic rings. The third-order valence-corrected chi connectivity index (χ3v) is 5.05. The molecule has 1 fully saturated rings. The molecule has 0 saturated carbocycles. The Balaban J connectivity index is 1.61. The Bertz CT molecular complexity index is 729. The van der Waals surface area contributed by atoms with E-state index in [1.807, 2.05) is 30.5 Å². The highest BCUT2D eigenvalue weighted by Gasteiger charge is 2.26. The molecule has 0 spiro atoms. The highest BCUT2D eigenvalue weighted by atomic mass is 79.9. The lowest BCUT2D eigenvalue weighted by Gasteiger charge is -2.34. The number of hydrogen-bond acceptors (Lipinski definition) is 4. The first kappa shape index (κ1) is 17.2. The smallest absolute Gasteiger partial charge is 0.273 e. The Morgan fingerprint density at radius 1 is 1.29 bits per heavy atom. The van der Waals surface area contributed by atoms with Crippen molar-refractivity contribution in [2.45, 2.75) is 26.9 Å². The minimum absolute atomic E-state index is 0.0541. The van der Waals surface area contributed by atoms with Crippen LogP contribution >= 0.6 is 15.9 Å². The molecule has 0 atom stereocenters. The number of nitrogens with zero attached hydrogens (tertiary/aromatic N) is 6. The summed E-state index contributed by atoms with van der Waals surface area (Å²) >= 11 is 3.44. The van der Waals surface area contributed by atoms with Gasteiger partial charge in [0.25, 0.3) is 5.91 Å². The maximum Gasteiger partial charge on any atom is 0.273 e. The Hall–Kier alpha value is -1.67. The first-order valence-electron chi connectivity index (χ1n) is 8.21. The molecule has 0 N–H and O–H groups in total. The van der Waals surface area contributed by atoms with E-state index in [0.29, 0.717) is 12.2 Å². The molecule has 1 saturated heterocycles. The van der Waals surface area contributed by atoms with Gasteiger partial charge in [-0.1, -0.05) is 0 Å². The van der Waals surface area contributed by atoms with Crippen LogP contribution in [0.25, 0.3) is 0 Å². The summed E-state index contributed by atoms with van der Waals surface area (Å²) in [5, 5.41) is 8.63. The van der Waals surface area contributed by atoms with Crippen molar-refractivity contribution < 1.29 is 4.79 Å². The number of carbonyl (C=O) groups excluding carboxylic acids is 1. The predicted molar refractivity (Wildman–Crippen MR) is 94.7 cm³/mol. The molecule has 0 bridgehead atoms. The van der Waals surface area contributed by atoms with Crippen LogP contribution < -0.4 is 0 Å². The minimum atomic E-state index is 0.0541. The number of amides is 1. The molecular weight excluding hydrogens is 372 g/mol. The molecule has 7 nitrogen and oxygen atoms in total. The van der Waals surface area contributed by atoms with Crippen molar-refractivity contribution in [3.8, 4) is 0 Å². The number of aryl methyl sites for hydroxylation is 3. The molecule has 2 aromatic heterocycles. The second kappa shape index (κ2) is 7.06. The fourth-order valence-electron chi connectivity index (χ4n) is 3.12. The van der Waals surface area contributed by atoms with E-state index in [-0.39, 0.29) is 5.91 Å². The van der Waals surface area contributed by atoms with Gasteiger partial charge >= 0.3 is 0 Å². The van der Waals surface area contributed by atoms with E-state index in [2.05, 4.69) is 37.2 Å². The fraction of sp³-hybridized carbons (Fsp3) is 0.562. The first-order valence-corrected chi connectivity index (χ1v) is 9.01. The second-order valence-corrected chi connectivity index (χ2v) is 6.99. The molecule has 8 heteroatoms. The second-order valence-electron chi connectivity index (χ2n) is 6.14. The van der Waals surface area contributed by atoms with E-state index in [1.165, 1.54) is 5.56 Å². The number of piperazine rings is 1. The quantitative estimate of drug-likeness (QED) is 0.790. The van der Waals surface area contributed by atoms with Gasteiger partial charge in [0, 0.05) is 58.1 Å². The highest BCUT2D eigenvalue weighted by molar-refractivity contribution is 9.10. The van der Waals surface area contributed by atoms with Gasteiger partial charge in [-0.05, 0) is 29.8 Å². The van der Waals surface area contributed by atoms with Gasteiger partial charge < -0.3 is 4.90 Å². The van der Waals surface area contributed by atoms with Crippen molar-refractivity contribution in [2.24, 2.45) is 7.05 Å². The third-order valence-electron chi connectivity index (χ3n) is 4.47. The van der Waals surface area contributed by atoms with Crippen LogP contribution in [0.4, 0.5) is 0 Å². The van der Waals surface area contributed by atoms with Crippen molar-refractivity contribution in [1.29, 1.82) is 0 Å². The van der Waals surface area contributed by atoms with Crippen LogP contribution in [0.5, 0.6) is 0 Å². The number of carbonyl (C=O) groups is 1. The third kappa shape index (κ3) is 3.39. The van der Waals surface area contributed by atoms with Crippen LogP contribution in [0.3, 0.4) is 0 Å². The van der Waals surface area contributed by atoms with E-state index in [1.54, 1.807) is 10.9 Å². The summed E-state index contributed by atoms with van der Waals surface area (Å²) in [5.74, 6) is 0.0541. The van der Waals surface area contributed by atoms with Crippen molar-refractivity contribution in [3.63, 3.8) is 0 Å². The molecule has 3 rings (SSSR count). The zero-order valence-corrected chi connectivity index (χ0v) is 16.0. The molecule has 0 aliphatic carbocycles. The number of halogens is 1. The predicted octanol–water partition coefficient (Wildman–Crippen LogP) is 1.67. The van der Waals surface area contributed by atoms with Gasteiger partial charge in [-0.25, -0.2) is 0 Å². The Kier molecular flexibility index (Phi) is 5.05. The summed E-state index contributed by atoms with van der Waals surface area (Å²) in [5.41, 5.74) is 2.98. The van der Waals surface area contributed by atoms with E-state index in [9.17, 15) is 4.79 Å². The van der Waals surface area contributed by atoms with E-state index in [0.717, 1.165) is 42.9 Å². The SMILES string of the molecule is CCn1ncc(Br)c1C(=O)N1CCN(Cc2cn(C)nc2C)CC1. The largest absolute Gasteiger partial charge is 0.335 e. The molecule has 1 aliphatic heterocycles. The Morgan fingerprint density at radius 2 is 2.00 bits per heavy atom. The van der Waals surface area contributed by atoms with Gasteiger partial charge in [0.05, 0.1) is 16.4 Å². The minimum Gasteiger partial charge on any atom is -0.335 e. The van der Waals surface area contributed by atoms with Crippen LogP contribution in [-0.2, 0) is 20.1 Å². The van der Waals surface area contributed by atoms with Gasteiger partial charge in [0.1, 0.15) is 5.69 Å². The molecule has 2 aromatic rings. The van der Waals surface area contributed by atoms with Gasteiger partial charge in [0.2, 0.25) is 0 Å². The van der Waals surface area contributed by atoms with Crippen molar-refractivity contribution in [2.75, 3.05) is 26.2 Å². The lowest BCUT2D eigenvalue weighted by atomic mass is 10.2. The van der Waals surface area contributed by atoms with Gasteiger partial charge in [-0.15, -0.1) is 0 Å². The molecule has 130 valence electrons. The standard InChI is InChI=1S/C16H23BrN6O/c1-4-23-15(14(17)9-18-23)16(24)22-7-5-21(6-8-22)11-13-10-20(3)19-12(13)2/h9-10H,4-8,11H2,1-3H3. The van der Waals surface area contributed by atoms with Crippen LogP contribution in [-0.4, -0.2) is 61.4 Å². The number of hydrogen-bond donors (Lipinski definition) is 0. The average molecular weight is 395 g/mol. The summed E-state index contributed by atoms with van der Waals surface area (Å²) in [7, 11) is 1.95. The van der Waals surface area contributed by atoms with Crippen molar-refractivity contribution >= 4 is 21.8 Å². The number of rotatable bonds is 4. The summed E-state index contributed by atoms with van der Waals surface area (Å²) in [6, 6.07) is 0. The molecule has 0 radical (unpaired) electrons. The molecule has 3 heterocycles. The lowest BCUT2D eigenvalue weighted by molar-refractivity contribution is 0.0615. The summed E-state index contributed by atoms with van der Waals surface area (Å²) < 4.78 is 4.37. The summed E-state index contributed by atoms with van der Waals surface area (Å²) in [6.07, 6.45) is 3.77. The maximum absolute atomic E-state index is 12.8. The zero-order valence-electron chi connectivity index (χ0n) is 14.4.